The van der Waals surface area contributed by atoms with Gasteiger partial charge >= 0.3 is 0 Å². The van der Waals surface area contributed by atoms with Gasteiger partial charge < -0.3 is 15.4 Å². The molecule has 0 heterocycles. The second-order valence-corrected chi connectivity index (χ2v) is 2.86. The van der Waals surface area contributed by atoms with Crippen LogP contribution in [-0.2, 0) is 9.53 Å². The number of ether oxygens (including phenoxy) is 1. The van der Waals surface area contributed by atoms with Crippen LogP contribution >= 0.6 is 0 Å². The van der Waals surface area contributed by atoms with Crippen molar-refractivity contribution in [3.05, 3.63) is 0 Å². The first kappa shape index (κ1) is 12.4. The third-order valence-electron chi connectivity index (χ3n) is 2.11. The zero-order valence-corrected chi connectivity index (χ0v) is 8.75. The van der Waals surface area contributed by atoms with Crippen LogP contribution in [0.4, 0.5) is 0 Å². The molecule has 1 amide bonds. The highest BCUT2D eigenvalue weighted by molar-refractivity contribution is 5.76. The summed E-state index contributed by atoms with van der Waals surface area (Å²) in [6, 6.07) is 0. The quantitative estimate of drug-likeness (QED) is 0.648. The van der Waals surface area contributed by atoms with E-state index in [1.165, 1.54) is 0 Å². The zero-order chi connectivity index (χ0) is 10.3. The van der Waals surface area contributed by atoms with E-state index in [4.69, 9.17) is 10.5 Å². The number of rotatable bonds is 6. The highest BCUT2D eigenvalue weighted by Gasteiger charge is 2.15. The third-order valence-corrected chi connectivity index (χ3v) is 2.11. The summed E-state index contributed by atoms with van der Waals surface area (Å²) in [5.41, 5.74) is 5.42. The van der Waals surface area contributed by atoms with Crippen LogP contribution in [-0.4, -0.2) is 43.7 Å². The molecule has 2 N–H and O–H groups in total. The molecule has 0 saturated carbocycles. The number of hydrogen-bond acceptors (Lipinski definition) is 3. The van der Waals surface area contributed by atoms with Gasteiger partial charge in [0.1, 0.15) is 0 Å². The van der Waals surface area contributed by atoms with E-state index in [1.807, 2.05) is 13.8 Å². The van der Waals surface area contributed by atoms with Crippen molar-refractivity contribution < 1.29 is 9.53 Å². The summed E-state index contributed by atoms with van der Waals surface area (Å²) < 4.78 is 5.04. The molecular weight excluding hydrogens is 168 g/mol. The Hall–Kier alpha value is -0.610. The molecule has 13 heavy (non-hydrogen) atoms. The normalized spacial score (nSPS) is 12.6. The fraction of sp³-hybridized carbons (Fsp3) is 0.889. The summed E-state index contributed by atoms with van der Waals surface area (Å²) in [6.07, 6.45) is 0.238. The molecule has 4 heteroatoms. The van der Waals surface area contributed by atoms with Crippen LogP contribution in [0.1, 0.15) is 20.3 Å². The Morgan fingerprint density at radius 3 is 2.31 bits per heavy atom. The minimum Gasteiger partial charge on any atom is -0.380 e. The van der Waals surface area contributed by atoms with Crippen LogP contribution in [0, 0.1) is 0 Å². The average Bonchev–Trinajstić information content (AvgIpc) is 2.16. The standard InChI is InChI=1S/C9H20N2O2/c1-4-11(5-2)9(12)6-8(7-10)13-3/h8H,4-7,10H2,1-3H3. The van der Waals surface area contributed by atoms with E-state index in [9.17, 15) is 4.79 Å². The van der Waals surface area contributed by atoms with Crippen molar-refractivity contribution in [2.75, 3.05) is 26.7 Å². The Labute approximate surface area is 80.0 Å². The molecule has 0 aliphatic carbocycles. The number of nitrogens with two attached hydrogens (primary N) is 1. The number of methoxy groups -OCH3 is 1. The molecule has 0 rings (SSSR count). The molecule has 4 nitrogen and oxygen atoms in total. The Morgan fingerprint density at radius 1 is 1.46 bits per heavy atom. The lowest BCUT2D eigenvalue weighted by Gasteiger charge is -2.21. The van der Waals surface area contributed by atoms with Crippen molar-refractivity contribution in [2.24, 2.45) is 5.73 Å². The van der Waals surface area contributed by atoms with Crippen molar-refractivity contribution >= 4 is 5.91 Å². The van der Waals surface area contributed by atoms with E-state index in [2.05, 4.69) is 0 Å². The summed E-state index contributed by atoms with van der Waals surface area (Å²) >= 11 is 0. The summed E-state index contributed by atoms with van der Waals surface area (Å²) in [6.45, 7) is 5.81. The SMILES string of the molecule is CCN(CC)C(=O)CC(CN)OC. The van der Waals surface area contributed by atoms with Gasteiger partial charge in [-0.2, -0.15) is 0 Å². The first-order valence-corrected chi connectivity index (χ1v) is 4.70. The molecule has 0 aromatic rings. The smallest absolute Gasteiger partial charge is 0.225 e. The zero-order valence-electron chi connectivity index (χ0n) is 8.75. The molecule has 0 spiro atoms. The van der Waals surface area contributed by atoms with E-state index < -0.39 is 0 Å². The maximum absolute atomic E-state index is 11.5. The van der Waals surface area contributed by atoms with Crippen molar-refractivity contribution in [3.8, 4) is 0 Å². The lowest BCUT2D eigenvalue weighted by molar-refractivity contribution is -0.133. The van der Waals surface area contributed by atoms with E-state index in [0.29, 0.717) is 13.0 Å². The first-order valence-electron chi connectivity index (χ1n) is 4.70. The molecule has 0 saturated heterocycles. The predicted molar refractivity (Wildman–Crippen MR) is 52.4 cm³/mol. The van der Waals surface area contributed by atoms with Gasteiger partial charge in [-0.05, 0) is 13.8 Å². The number of hydrogen-bond donors (Lipinski definition) is 1. The molecule has 0 aromatic carbocycles. The van der Waals surface area contributed by atoms with Gasteiger partial charge in [-0.3, -0.25) is 4.79 Å². The molecular formula is C9H20N2O2. The maximum Gasteiger partial charge on any atom is 0.225 e. The van der Waals surface area contributed by atoms with Gasteiger partial charge in [-0.15, -0.1) is 0 Å². The minimum atomic E-state index is -0.145. The number of amides is 1. The van der Waals surface area contributed by atoms with Gasteiger partial charge in [0.2, 0.25) is 5.91 Å². The summed E-state index contributed by atoms with van der Waals surface area (Å²) in [4.78, 5) is 13.3. The number of nitrogens with zero attached hydrogens (tertiary/aromatic N) is 1. The Balaban J connectivity index is 3.95. The Morgan fingerprint density at radius 2 is 2.00 bits per heavy atom. The molecule has 0 aliphatic rings. The highest BCUT2D eigenvalue weighted by atomic mass is 16.5. The Bertz CT molecular complexity index is 143. The predicted octanol–water partition coefficient (Wildman–Crippen LogP) is 0.219. The van der Waals surface area contributed by atoms with Gasteiger partial charge in [0, 0.05) is 26.7 Å². The molecule has 0 aliphatic heterocycles. The number of carbonyl (C=O) groups excluding carboxylic acids is 1. The van der Waals surface area contributed by atoms with Crippen LogP contribution in [0.2, 0.25) is 0 Å². The third kappa shape index (κ3) is 4.24. The van der Waals surface area contributed by atoms with Crippen LogP contribution in [0.15, 0.2) is 0 Å². The second-order valence-electron chi connectivity index (χ2n) is 2.86. The topological polar surface area (TPSA) is 55.6 Å². The summed E-state index contributed by atoms with van der Waals surface area (Å²) in [7, 11) is 1.58. The molecule has 0 radical (unpaired) electrons. The van der Waals surface area contributed by atoms with Gasteiger partial charge in [0.15, 0.2) is 0 Å². The number of carbonyl (C=O) groups is 1. The lowest BCUT2D eigenvalue weighted by Crippen LogP contribution is -2.35. The van der Waals surface area contributed by atoms with Crippen molar-refractivity contribution in [1.82, 2.24) is 4.90 Å². The maximum atomic E-state index is 11.5. The van der Waals surface area contributed by atoms with E-state index >= 15 is 0 Å². The van der Waals surface area contributed by atoms with Crippen LogP contribution in [0.5, 0.6) is 0 Å². The largest absolute Gasteiger partial charge is 0.380 e. The van der Waals surface area contributed by atoms with Gasteiger partial charge in [-0.25, -0.2) is 0 Å². The summed E-state index contributed by atoms with van der Waals surface area (Å²) in [5, 5.41) is 0. The van der Waals surface area contributed by atoms with Crippen LogP contribution < -0.4 is 5.73 Å². The minimum absolute atomic E-state index is 0.113. The van der Waals surface area contributed by atoms with E-state index in [0.717, 1.165) is 13.1 Å². The lowest BCUT2D eigenvalue weighted by atomic mass is 10.2. The van der Waals surface area contributed by atoms with Crippen molar-refractivity contribution in [2.45, 2.75) is 26.4 Å². The molecule has 78 valence electrons. The van der Waals surface area contributed by atoms with Gasteiger partial charge in [-0.1, -0.05) is 0 Å². The van der Waals surface area contributed by atoms with Crippen LogP contribution in [0.25, 0.3) is 0 Å². The molecule has 0 fully saturated rings. The monoisotopic (exact) mass is 188 g/mol. The van der Waals surface area contributed by atoms with Gasteiger partial charge in [0.05, 0.1) is 12.5 Å². The van der Waals surface area contributed by atoms with Crippen LogP contribution in [0.3, 0.4) is 0 Å². The van der Waals surface area contributed by atoms with Crippen molar-refractivity contribution in [1.29, 1.82) is 0 Å². The summed E-state index contributed by atoms with van der Waals surface area (Å²) in [5.74, 6) is 0.113. The average molecular weight is 188 g/mol. The molecule has 0 bridgehead atoms. The highest BCUT2D eigenvalue weighted by Crippen LogP contribution is 2.00. The fourth-order valence-electron chi connectivity index (χ4n) is 1.16. The molecule has 1 unspecified atom stereocenters. The van der Waals surface area contributed by atoms with Gasteiger partial charge in [0.25, 0.3) is 0 Å². The fourth-order valence-corrected chi connectivity index (χ4v) is 1.16. The molecule has 0 aromatic heterocycles. The Kier molecular flexibility index (Phi) is 6.54. The van der Waals surface area contributed by atoms with Crippen molar-refractivity contribution in [3.63, 3.8) is 0 Å². The van der Waals surface area contributed by atoms with E-state index in [-0.39, 0.29) is 12.0 Å². The second kappa shape index (κ2) is 6.86. The molecule has 1 atom stereocenters. The first-order chi connectivity index (χ1) is 6.19. The van der Waals surface area contributed by atoms with E-state index in [1.54, 1.807) is 12.0 Å².